The number of amides is 4. The zero-order valence-electron chi connectivity index (χ0n) is 16.5. The zero-order valence-corrected chi connectivity index (χ0v) is 21.2. The molecule has 0 atom stereocenters. The normalized spacial score (nSPS) is 9.87. The van der Waals surface area contributed by atoms with Crippen molar-refractivity contribution in [3.8, 4) is 0 Å². The van der Waals surface area contributed by atoms with E-state index in [0.717, 1.165) is 19.1 Å². The van der Waals surface area contributed by atoms with Crippen LogP contribution in [0, 0.1) is 0 Å². The molecule has 0 aliphatic rings. The Morgan fingerprint density at radius 3 is 1.40 bits per heavy atom. The summed E-state index contributed by atoms with van der Waals surface area (Å²) in [6.07, 6.45) is 0. The lowest BCUT2D eigenvalue weighted by Crippen LogP contribution is -2.30. The van der Waals surface area contributed by atoms with Gasteiger partial charge in [0.05, 0.1) is 24.3 Å². The van der Waals surface area contributed by atoms with Gasteiger partial charge in [-0.05, 0) is 68.3 Å². The van der Waals surface area contributed by atoms with E-state index in [1.165, 1.54) is 28.3 Å². The Hall–Kier alpha value is -1.56. The molecule has 8 nitrogen and oxygen atoms in total. The molecule has 164 valence electrons. The van der Waals surface area contributed by atoms with Crippen molar-refractivity contribution in [3.05, 3.63) is 55.4 Å². The fourth-order valence-electron chi connectivity index (χ4n) is 1.72. The molecular weight excluding hydrogens is 567 g/mol. The van der Waals surface area contributed by atoms with Crippen molar-refractivity contribution < 1.29 is 19.3 Å². The monoisotopic (exact) mass is 584 g/mol. The molecule has 0 aliphatic heterocycles. The highest BCUT2D eigenvalue weighted by Crippen LogP contribution is 2.26. The van der Waals surface area contributed by atoms with Gasteiger partial charge in [-0.15, -0.1) is 0 Å². The first-order valence-corrected chi connectivity index (χ1v) is 10.5. The van der Waals surface area contributed by atoms with Crippen LogP contribution in [-0.2, 0) is 9.68 Å². The van der Waals surface area contributed by atoms with Gasteiger partial charge in [0.15, 0.2) is 0 Å². The van der Waals surface area contributed by atoms with E-state index in [4.69, 9.17) is 32.9 Å². The Morgan fingerprint density at radius 2 is 1.13 bits per heavy atom. The van der Waals surface area contributed by atoms with Gasteiger partial charge in [0.1, 0.15) is 0 Å². The highest BCUT2D eigenvalue weighted by atomic mass is 79.9. The van der Waals surface area contributed by atoms with Crippen LogP contribution >= 0.6 is 55.1 Å². The summed E-state index contributed by atoms with van der Waals surface area (Å²) in [7, 11) is 5.84. The highest BCUT2D eigenvalue weighted by molar-refractivity contribution is 9.10. The minimum atomic E-state index is -0.365. The van der Waals surface area contributed by atoms with E-state index in [1.807, 2.05) is 0 Å². The summed E-state index contributed by atoms with van der Waals surface area (Å²) >= 11 is 18.3. The number of benzene rings is 2. The quantitative estimate of drug-likeness (QED) is 0.415. The molecule has 0 unspecified atom stereocenters. The molecule has 12 heteroatoms. The fraction of sp³-hybridized carbons (Fsp3) is 0.222. The number of anilines is 2. The lowest BCUT2D eigenvalue weighted by atomic mass is 10.3. The van der Waals surface area contributed by atoms with Crippen LogP contribution in [0.5, 0.6) is 0 Å². The van der Waals surface area contributed by atoms with E-state index >= 15 is 0 Å². The van der Waals surface area contributed by atoms with E-state index in [0.29, 0.717) is 21.4 Å². The number of nitrogens with zero attached hydrogens (tertiary/aromatic N) is 2. The average molecular weight is 587 g/mol. The summed E-state index contributed by atoms with van der Waals surface area (Å²) in [5, 5.41) is 8.46. The van der Waals surface area contributed by atoms with Gasteiger partial charge in [-0.1, -0.05) is 23.2 Å². The van der Waals surface area contributed by atoms with Gasteiger partial charge < -0.3 is 10.6 Å². The maximum Gasteiger partial charge on any atom is 0.345 e. The molecule has 0 aromatic heterocycles. The maximum absolute atomic E-state index is 11.4. The lowest BCUT2D eigenvalue weighted by Gasteiger charge is -2.14. The number of hydrogen-bond donors (Lipinski definition) is 2. The smallest absolute Gasteiger partial charge is 0.306 e. The number of hydrogen-bond acceptors (Lipinski definition) is 4. The van der Waals surface area contributed by atoms with Crippen LogP contribution in [0.1, 0.15) is 0 Å². The Morgan fingerprint density at radius 1 is 0.800 bits per heavy atom. The van der Waals surface area contributed by atoms with Crippen LogP contribution in [0.15, 0.2) is 45.3 Å². The predicted molar refractivity (Wildman–Crippen MR) is 126 cm³/mol. The SMILES string of the molecule is CON(C)C(=O)Nc1ccc(Br)c(Cl)c1.CON(C)C(=O)Nc1ccc(Br)c(Cl)c1. The van der Waals surface area contributed by atoms with E-state index in [1.54, 1.807) is 36.4 Å². The second-order valence-electron chi connectivity index (χ2n) is 5.48. The van der Waals surface area contributed by atoms with E-state index in [-0.39, 0.29) is 12.1 Å². The van der Waals surface area contributed by atoms with Crippen molar-refractivity contribution in [2.45, 2.75) is 0 Å². The van der Waals surface area contributed by atoms with Gasteiger partial charge in [0, 0.05) is 34.4 Å². The summed E-state index contributed by atoms with van der Waals surface area (Å²) in [6.45, 7) is 0. The third-order valence-electron chi connectivity index (χ3n) is 3.46. The van der Waals surface area contributed by atoms with Gasteiger partial charge in [0.2, 0.25) is 0 Å². The summed E-state index contributed by atoms with van der Waals surface area (Å²) in [6, 6.07) is 9.54. The third-order valence-corrected chi connectivity index (χ3v) is 5.93. The number of carbonyl (C=O) groups is 2. The summed E-state index contributed by atoms with van der Waals surface area (Å²) in [5.74, 6) is 0. The first kappa shape index (κ1) is 26.5. The van der Waals surface area contributed by atoms with Crippen LogP contribution in [-0.4, -0.2) is 50.5 Å². The van der Waals surface area contributed by atoms with Gasteiger partial charge in [-0.2, -0.15) is 0 Å². The van der Waals surface area contributed by atoms with Crippen LogP contribution in [0.3, 0.4) is 0 Å². The molecule has 0 aliphatic carbocycles. The molecule has 0 heterocycles. The molecule has 0 spiro atoms. The first-order valence-electron chi connectivity index (χ1n) is 8.16. The largest absolute Gasteiger partial charge is 0.345 e. The standard InChI is InChI=1S/2C9H10BrClN2O2/c2*1-13(15-2)9(14)12-6-3-4-7(10)8(11)5-6/h2*3-5H,1-2H3,(H,12,14). The number of carbonyl (C=O) groups excluding carboxylic acids is 2. The first-order chi connectivity index (χ1) is 14.1. The van der Waals surface area contributed by atoms with Crippen molar-refractivity contribution in [3.63, 3.8) is 0 Å². The molecule has 0 bridgehead atoms. The molecule has 30 heavy (non-hydrogen) atoms. The number of halogens is 4. The van der Waals surface area contributed by atoms with E-state index in [2.05, 4.69) is 42.5 Å². The summed E-state index contributed by atoms with van der Waals surface area (Å²) in [4.78, 5) is 32.2. The van der Waals surface area contributed by atoms with Crippen molar-refractivity contribution in [1.82, 2.24) is 10.1 Å². The minimum absolute atomic E-state index is 0.365. The molecule has 2 rings (SSSR count). The van der Waals surface area contributed by atoms with Crippen molar-refractivity contribution in [2.75, 3.05) is 38.9 Å². The van der Waals surface area contributed by atoms with E-state index in [9.17, 15) is 9.59 Å². The van der Waals surface area contributed by atoms with Crippen LogP contribution in [0.25, 0.3) is 0 Å². The lowest BCUT2D eigenvalue weighted by molar-refractivity contribution is -0.0598. The highest BCUT2D eigenvalue weighted by Gasteiger charge is 2.09. The molecule has 0 radical (unpaired) electrons. The van der Waals surface area contributed by atoms with Gasteiger partial charge in [-0.3, -0.25) is 9.68 Å². The average Bonchev–Trinajstić information content (AvgIpc) is 2.72. The number of hydroxylamine groups is 4. The molecule has 2 aromatic carbocycles. The second-order valence-corrected chi connectivity index (χ2v) is 8.00. The Bertz CT molecular complexity index is 818. The third kappa shape index (κ3) is 8.66. The molecule has 0 saturated carbocycles. The fourth-order valence-corrected chi connectivity index (χ4v) is 2.57. The molecule has 2 aromatic rings. The van der Waals surface area contributed by atoms with Crippen molar-refractivity contribution >= 4 is 78.5 Å². The van der Waals surface area contributed by atoms with Crippen LogP contribution in [0.4, 0.5) is 21.0 Å². The topological polar surface area (TPSA) is 83.1 Å². The number of nitrogens with one attached hydrogen (secondary N) is 2. The maximum atomic E-state index is 11.4. The van der Waals surface area contributed by atoms with Crippen LogP contribution in [0.2, 0.25) is 10.0 Å². The Balaban J connectivity index is 0.000000300. The Labute approximate surface area is 201 Å². The van der Waals surface area contributed by atoms with Crippen LogP contribution < -0.4 is 10.6 Å². The molecule has 2 N–H and O–H groups in total. The number of urea groups is 2. The molecular formula is C18H20Br2Cl2N4O4. The number of rotatable bonds is 4. The predicted octanol–water partition coefficient (Wildman–Crippen LogP) is 6.26. The van der Waals surface area contributed by atoms with Crippen molar-refractivity contribution in [2.24, 2.45) is 0 Å². The van der Waals surface area contributed by atoms with Gasteiger partial charge in [-0.25, -0.2) is 19.7 Å². The zero-order chi connectivity index (χ0) is 22.8. The Kier molecular flexibility index (Phi) is 11.5. The minimum Gasteiger partial charge on any atom is -0.306 e. The van der Waals surface area contributed by atoms with Gasteiger partial charge >= 0.3 is 12.1 Å². The van der Waals surface area contributed by atoms with Crippen molar-refractivity contribution in [1.29, 1.82) is 0 Å². The summed E-state index contributed by atoms with van der Waals surface area (Å²) < 4.78 is 1.56. The molecule has 4 amide bonds. The molecule has 0 saturated heterocycles. The van der Waals surface area contributed by atoms with Gasteiger partial charge in [0.25, 0.3) is 0 Å². The van der Waals surface area contributed by atoms with E-state index < -0.39 is 0 Å². The second kappa shape index (κ2) is 13.0. The summed E-state index contributed by atoms with van der Waals surface area (Å²) in [5.41, 5.74) is 1.22. The molecule has 0 fully saturated rings.